The lowest BCUT2D eigenvalue weighted by atomic mass is 10.2. The number of carbonyl (C=O) groups is 1. The number of aromatic hydroxyl groups is 1. The number of anilines is 1. The van der Waals surface area contributed by atoms with Crippen molar-refractivity contribution >= 4 is 28.6 Å². The lowest BCUT2D eigenvalue weighted by molar-refractivity contribution is -0.384. The van der Waals surface area contributed by atoms with Gasteiger partial charge in [-0.2, -0.15) is 0 Å². The number of nitro groups is 1. The Labute approximate surface area is 105 Å². The van der Waals surface area contributed by atoms with Crippen molar-refractivity contribution in [2.45, 2.75) is 0 Å². The molecule has 0 unspecified atom stereocenters. The van der Waals surface area contributed by atoms with E-state index in [9.17, 15) is 20.0 Å². The van der Waals surface area contributed by atoms with Crippen LogP contribution in [0.2, 0.25) is 0 Å². The fraction of sp³-hybridized carbons (Fsp3) is 0. The van der Waals surface area contributed by atoms with Crippen molar-refractivity contribution in [1.82, 2.24) is 4.98 Å². The van der Waals surface area contributed by atoms with Gasteiger partial charge in [-0.15, -0.1) is 11.3 Å². The van der Waals surface area contributed by atoms with Crippen molar-refractivity contribution in [3.05, 3.63) is 44.9 Å². The van der Waals surface area contributed by atoms with E-state index in [1.807, 2.05) is 0 Å². The van der Waals surface area contributed by atoms with Crippen LogP contribution in [0.1, 0.15) is 9.67 Å². The molecule has 2 aromatic rings. The fourth-order valence-electron chi connectivity index (χ4n) is 1.25. The number of hydrogen-bond acceptors (Lipinski definition) is 6. The molecular weight excluding hydrogens is 258 g/mol. The molecule has 0 radical (unpaired) electrons. The monoisotopic (exact) mass is 265 g/mol. The predicted octanol–water partition coefficient (Wildman–Crippen LogP) is 2.01. The molecule has 0 fully saturated rings. The van der Waals surface area contributed by atoms with Crippen LogP contribution in [0.4, 0.5) is 11.4 Å². The summed E-state index contributed by atoms with van der Waals surface area (Å²) in [6, 6.07) is 3.44. The number of amides is 1. The van der Waals surface area contributed by atoms with Crippen LogP contribution in [-0.2, 0) is 0 Å². The molecule has 8 heteroatoms. The Bertz CT molecular complexity index is 597. The smallest absolute Gasteiger partial charge is 0.273 e. The van der Waals surface area contributed by atoms with E-state index in [0.717, 1.165) is 17.4 Å². The van der Waals surface area contributed by atoms with E-state index in [1.54, 1.807) is 0 Å². The summed E-state index contributed by atoms with van der Waals surface area (Å²) in [6.07, 6.45) is 1.39. The van der Waals surface area contributed by atoms with Gasteiger partial charge in [0, 0.05) is 6.07 Å². The van der Waals surface area contributed by atoms with Crippen molar-refractivity contribution in [2.24, 2.45) is 0 Å². The zero-order valence-electron chi connectivity index (χ0n) is 8.86. The second-order valence-electron chi connectivity index (χ2n) is 3.28. The minimum Gasteiger partial charge on any atom is -0.506 e. The number of phenolic OH excluding ortho intramolecular Hbond substituents is 1. The molecule has 0 aliphatic carbocycles. The minimum atomic E-state index is -0.630. The van der Waals surface area contributed by atoms with E-state index in [0.29, 0.717) is 4.88 Å². The van der Waals surface area contributed by atoms with Gasteiger partial charge in [0.05, 0.1) is 28.4 Å². The van der Waals surface area contributed by atoms with Gasteiger partial charge in [-0.25, -0.2) is 0 Å². The largest absolute Gasteiger partial charge is 0.506 e. The lowest BCUT2D eigenvalue weighted by Crippen LogP contribution is -2.10. The molecular formula is C10H7N3O4S. The van der Waals surface area contributed by atoms with Crippen LogP contribution in [0, 0.1) is 10.1 Å². The highest BCUT2D eigenvalue weighted by atomic mass is 32.1. The number of aromatic nitrogens is 1. The summed E-state index contributed by atoms with van der Waals surface area (Å²) in [5.74, 6) is -0.788. The number of carbonyl (C=O) groups excluding carboxylic acids is 1. The second-order valence-corrected chi connectivity index (χ2v) is 4.16. The maximum absolute atomic E-state index is 11.7. The number of benzene rings is 1. The van der Waals surface area contributed by atoms with Crippen LogP contribution < -0.4 is 5.32 Å². The van der Waals surface area contributed by atoms with E-state index in [2.05, 4.69) is 10.3 Å². The quantitative estimate of drug-likeness (QED) is 0.501. The summed E-state index contributed by atoms with van der Waals surface area (Å²) in [5.41, 5.74) is 1.37. The number of nitrogens with zero attached hydrogens (tertiary/aromatic N) is 2. The first-order valence-electron chi connectivity index (χ1n) is 4.75. The van der Waals surface area contributed by atoms with E-state index < -0.39 is 10.8 Å². The van der Waals surface area contributed by atoms with Crippen LogP contribution >= 0.6 is 11.3 Å². The average Bonchev–Trinajstić information content (AvgIpc) is 2.85. The van der Waals surface area contributed by atoms with Crippen molar-refractivity contribution in [2.75, 3.05) is 5.32 Å². The molecule has 0 saturated heterocycles. The van der Waals surface area contributed by atoms with Crippen molar-refractivity contribution in [3.63, 3.8) is 0 Å². The van der Waals surface area contributed by atoms with Gasteiger partial charge in [-0.1, -0.05) is 0 Å². The normalized spacial score (nSPS) is 10.0. The summed E-state index contributed by atoms with van der Waals surface area (Å²) in [7, 11) is 0. The Morgan fingerprint density at radius 1 is 1.50 bits per heavy atom. The van der Waals surface area contributed by atoms with Gasteiger partial charge in [0.25, 0.3) is 11.6 Å². The lowest BCUT2D eigenvalue weighted by Gasteiger charge is -2.05. The van der Waals surface area contributed by atoms with Gasteiger partial charge < -0.3 is 10.4 Å². The van der Waals surface area contributed by atoms with Gasteiger partial charge in [-0.3, -0.25) is 19.9 Å². The van der Waals surface area contributed by atoms with Crippen molar-refractivity contribution in [1.29, 1.82) is 0 Å². The summed E-state index contributed by atoms with van der Waals surface area (Å²) < 4.78 is 0. The summed E-state index contributed by atoms with van der Waals surface area (Å²) in [6.45, 7) is 0. The molecule has 0 bridgehead atoms. The first kappa shape index (κ1) is 12.0. The van der Waals surface area contributed by atoms with Crippen molar-refractivity contribution < 1.29 is 14.8 Å². The van der Waals surface area contributed by atoms with Gasteiger partial charge in [-0.05, 0) is 6.07 Å². The summed E-state index contributed by atoms with van der Waals surface area (Å²) >= 11 is 1.15. The van der Waals surface area contributed by atoms with Crippen molar-refractivity contribution in [3.8, 4) is 5.75 Å². The van der Waals surface area contributed by atoms with Gasteiger partial charge in [0.1, 0.15) is 10.6 Å². The standard InChI is InChI=1S/C10H7N3O4S/c14-8-3-6(13(16)17)1-2-7(8)12-10(15)9-4-11-5-18-9/h1-5,14H,(H,12,15). The van der Waals surface area contributed by atoms with Gasteiger partial charge in [0.2, 0.25) is 0 Å². The molecule has 0 spiro atoms. The van der Waals surface area contributed by atoms with E-state index in [1.165, 1.54) is 23.8 Å². The fourth-order valence-corrected chi connectivity index (χ4v) is 1.77. The van der Waals surface area contributed by atoms with E-state index >= 15 is 0 Å². The molecule has 0 saturated carbocycles. The SMILES string of the molecule is O=C(Nc1ccc([N+](=O)[O-])cc1O)c1cncs1. The molecule has 2 N–H and O–H groups in total. The van der Waals surface area contributed by atoms with E-state index in [4.69, 9.17) is 0 Å². The maximum Gasteiger partial charge on any atom is 0.273 e. The third-order valence-electron chi connectivity index (χ3n) is 2.10. The molecule has 2 rings (SSSR count). The predicted molar refractivity (Wildman–Crippen MR) is 64.8 cm³/mol. The summed E-state index contributed by atoms with van der Waals surface area (Å²) in [4.78, 5) is 25.6. The van der Waals surface area contributed by atoms with Crippen LogP contribution in [-0.4, -0.2) is 20.9 Å². The molecule has 92 valence electrons. The number of rotatable bonds is 3. The number of phenols is 1. The Hall–Kier alpha value is -2.48. The number of hydrogen-bond donors (Lipinski definition) is 2. The molecule has 1 aromatic carbocycles. The zero-order chi connectivity index (χ0) is 13.1. The number of thiazole rings is 1. The third-order valence-corrected chi connectivity index (χ3v) is 2.87. The summed E-state index contributed by atoms with van der Waals surface area (Å²) in [5, 5.41) is 22.5. The van der Waals surface area contributed by atoms with Crippen LogP contribution in [0.5, 0.6) is 5.75 Å². The molecule has 18 heavy (non-hydrogen) atoms. The maximum atomic E-state index is 11.7. The van der Waals surface area contributed by atoms with Crippen LogP contribution in [0.25, 0.3) is 0 Å². The topological polar surface area (TPSA) is 105 Å². The molecule has 1 heterocycles. The average molecular weight is 265 g/mol. The van der Waals surface area contributed by atoms with Crippen LogP contribution in [0.3, 0.4) is 0 Å². The molecule has 1 aromatic heterocycles. The second kappa shape index (κ2) is 4.80. The molecule has 0 aliphatic rings. The number of nitrogens with one attached hydrogen (secondary N) is 1. The first-order valence-corrected chi connectivity index (χ1v) is 5.63. The molecule has 7 nitrogen and oxygen atoms in total. The first-order chi connectivity index (χ1) is 8.58. The highest BCUT2D eigenvalue weighted by Crippen LogP contribution is 2.28. The highest BCUT2D eigenvalue weighted by molar-refractivity contribution is 7.11. The van der Waals surface area contributed by atoms with Gasteiger partial charge in [0.15, 0.2) is 0 Å². The Morgan fingerprint density at radius 3 is 2.83 bits per heavy atom. The molecule has 1 amide bonds. The number of non-ortho nitro benzene ring substituents is 1. The zero-order valence-corrected chi connectivity index (χ0v) is 9.68. The molecule has 0 atom stereocenters. The van der Waals surface area contributed by atoms with Gasteiger partial charge >= 0.3 is 0 Å². The van der Waals surface area contributed by atoms with E-state index in [-0.39, 0.29) is 17.1 Å². The van der Waals surface area contributed by atoms with Crippen LogP contribution in [0.15, 0.2) is 29.9 Å². The third kappa shape index (κ3) is 2.43. The molecule has 0 aliphatic heterocycles. The highest BCUT2D eigenvalue weighted by Gasteiger charge is 2.13. The Kier molecular flexibility index (Phi) is 3.20. The Morgan fingerprint density at radius 2 is 2.28 bits per heavy atom. The minimum absolute atomic E-state index is 0.110. The Balaban J connectivity index is 2.20. The number of nitro benzene ring substituents is 1.